The van der Waals surface area contributed by atoms with Crippen molar-refractivity contribution in [3.8, 4) is 11.5 Å². The van der Waals surface area contributed by atoms with Crippen molar-refractivity contribution in [3.05, 3.63) is 53.1 Å². The first-order valence-corrected chi connectivity index (χ1v) is 8.53. The summed E-state index contributed by atoms with van der Waals surface area (Å²) in [6, 6.07) is 11.1. The molecular weight excluding hydrogens is 346 g/mol. The molecule has 0 aromatic heterocycles. The van der Waals surface area contributed by atoms with E-state index in [4.69, 9.17) is 9.47 Å². The average Bonchev–Trinajstić information content (AvgIpc) is 2.65. The lowest BCUT2D eigenvalue weighted by Gasteiger charge is -2.18. The van der Waals surface area contributed by atoms with Crippen molar-refractivity contribution in [2.45, 2.75) is 20.8 Å². The van der Waals surface area contributed by atoms with Gasteiger partial charge in [-0.1, -0.05) is 18.2 Å². The Kier molecular flexibility index (Phi) is 5.40. The molecule has 0 spiro atoms. The summed E-state index contributed by atoms with van der Waals surface area (Å²) < 4.78 is 10.9. The maximum atomic E-state index is 12.0. The molecule has 1 aliphatic heterocycles. The van der Waals surface area contributed by atoms with Gasteiger partial charge in [-0.05, 0) is 55.7 Å². The van der Waals surface area contributed by atoms with E-state index in [9.17, 15) is 9.59 Å². The van der Waals surface area contributed by atoms with Crippen molar-refractivity contribution in [2.24, 2.45) is 5.10 Å². The van der Waals surface area contributed by atoms with Gasteiger partial charge in [-0.15, -0.1) is 0 Å². The summed E-state index contributed by atoms with van der Waals surface area (Å²) in [5.41, 5.74) is 6.37. The highest BCUT2D eigenvalue weighted by Crippen LogP contribution is 2.28. The first-order chi connectivity index (χ1) is 12.9. The van der Waals surface area contributed by atoms with Crippen molar-refractivity contribution in [2.75, 3.05) is 18.5 Å². The molecule has 2 aromatic carbocycles. The number of amides is 2. The molecule has 0 unspecified atom stereocenters. The van der Waals surface area contributed by atoms with E-state index in [2.05, 4.69) is 15.8 Å². The fraction of sp³-hybridized carbons (Fsp3) is 0.250. The molecule has 0 bridgehead atoms. The van der Waals surface area contributed by atoms with Crippen LogP contribution in [-0.4, -0.2) is 30.7 Å². The number of nitrogens with one attached hydrogen (secondary N) is 2. The summed E-state index contributed by atoms with van der Waals surface area (Å²) in [5, 5.41) is 6.85. The molecule has 0 saturated carbocycles. The molecule has 1 aliphatic rings. The van der Waals surface area contributed by atoms with Crippen molar-refractivity contribution in [3.63, 3.8) is 0 Å². The van der Waals surface area contributed by atoms with Crippen LogP contribution < -0.4 is 20.2 Å². The lowest BCUT2D eigenvalue weighted by atomic mass is 10.1. The minimum Gasteiger partial charge on any atom is -0.483 e. The molecule has 2 N–H and O–H groups in total. The normalized spacial score (nSPS) is 13.3. The van der Waals surface area contributed by atoms with Crippen LogP contribution in [0.2, 0.25) is 0 Å². The van der Waals surface area contributed by atoms with Crippen LogP contribution >= 0.6 is 0 Å². The fourth-order valence-corrected chi connectivity index (χ4v) is 2.72. The van der Waals surface area contributed by atoms with E-state index in [-0.39, 0.29) is 25.0 Å². The number of carbonyl (C=O) groups excluding carboxylic acids is 2. The largest absolute Gasteiger partial charge is 0.483 e. The molecule has 27 heavy (non-hydrogen) atoms. The molecule has 0 radical (unpaired) electrons. The van der Waals surface area contributed by atoms with Gasteiger partial charge in [0, 0.05) is 0 Å². The van der Waals surface area contributed by atoms with Gasteiger partial charge in [0.1, 0.15) is 11.5 Å². The number of carbonyl (C=O) groups is 2. The highest BCUT2D eigenvalue weighted by Gasteiger charge is 2.16. The first kappa shape index (κ1) is 18.4. The molecule has 1 heterocycles. The minimum atomic E-state index is -0.355. The summed E-state index contributed by atoms with van der Waals surface area (Å²) in [4.78, 5) is 23.5. The van der Waals surface area contributed by atoms with Crippen LogP contribution in [0.25, 0.3) is 0 Å². The number of aryl methyl sites for hydroxylation is 2. The summed E-state index contributed by atoms with van der Waals surface area (Å²) >= 11 is 0. The Morgan fingerprint density at radius 2 is 2.00 bits per heavy atom. The Morgan fingerprint density at radius 3 is 2.74 bits per heavy atom. The van der Waals surface area contributed by atoms with Gasteiger partial charge in [0.25, 0.3) is 11.8 Å². The van der Waals surface area contributed by atoms with Gasteiger partial charge in [-0.2, -0.15) is 5.10 Å². The Bertz CT molecular complexity index is 901. The number of fused-ring (bicyclic) bond motifs is 1. The number of hydrogen-bond acceptors (Lipinski definition) is 5. The van der Waals surface area contributed by atoms with Gasteiger partial charge >= 0.3 is 0 Å². The number of benzene rings is 2. The zero-order chi connectivity index (χ0) is 19.4. The highest BCUT2D eigenvalue weighted by molar-refractivity contribution is 6.02. The second-order valence-electron chi connectivity index (χ2n) is 6.29. The van der Waals surface area contributed by atoms with E-state index in [0.29, 0.717) is 22.9 Å². The van der Waals surface area contributed by atoms with Gasteiger partial charge in [0.15, 0.2) is 13.2 Å². The lowest BCUT2D eigenvalue weighted by Crippen LogP contribution is -2.26. The third-order valence-corrected chi connectivity index (χ3v) is 4.13. The number of para-hydroxylation sites is 1. The molecule has 7 nitrogen and oxygen atoms in total. The van der Waals surface area contributed by atoms with Crippen molar-refractivity contribution in [1.82, 2.24) is 5.43 Å². The van der Waals surface area contributed by atoms with E-state index < -0.39 is 0 Å². The maximum Gasteiger partial charge on any atom is 0.277 e. The summed E-state index contributed by atoms with van der Waals surface area (Å²) in [6.45, 7) is 5.51. The molecular formula is C20H21N3O4. The average molecular weight is 367 g/mol. The van der Waals surface area contributed by atoms with Crippen LogP contribution in [-0.2, 0) is 9.59 Å². The van der Waals surface area contributed by atoms with Crippen LogP contribution in [0, 0.1) is 13.8 Å². The quantitative estimate of drug-likeness (QED) is 0.628. The molecule has 0 fully saturated rings. The van der Waals surface area contributed by atoms with E-state index in [1.807, 2.05) is 38.1 Å². The van der Waals surface area contributed by atoms with Crippen LogP contribution in [0.5, 0.6) is 11.5 Å². The SMILES string of the molecule is C/C(=N/NC(=O)COc1c(C)cccc1C)c1ccc2c(c1)NC(=O)CO2. The van der Waals surface area contributed by atoms with Crippen molar-refractivity contribution >= 4 is 23.2 Å². The fourth-order valence-electron chi connectivity index (χ4n) is 2.72. The number of ether oxygens (including phenoxy) is 2. The summed E-state index contributed by atoms with van der Waals surface area (Å²) in [5.74, 6) is 0.758. The Balaban J connectivity index is 1.61. The standard InChI is InChI=1S/C20H21N3O4/c1-12-5-4-6-13(2)20(12)27-11-19(25)23-22-14(3)15-7-8-17-16(9-15)21-18(24)10-26-17/h4-9H,10-11H2,1-3H3,(H,21,24)(H,23,25)/b22-14-. The maximum absolute atomic E-state index is 12.0. The third-order valence-electron chi connectivity index (χ3n) is 4.13. The smallest absolute Gasteiger partial charge is 0.277 e. The molecule has 7 heteroatoms. The number of anilines is 1. The van der Waals surface area contributed by atoms with Gasteiger partial charge in [0.05, 0.1) is 11.4 Å². The Hall–Kier alpha value is -3.35. The zero-order valence-electron chi connectivity index (χ0n) is 15.5. The predicted molar refractivity (Wildman–Crippen MR) is 102 cm³/mol. The second kappa shape index (κ2) is 7.90. The molecule has 0 aliphatic carbocycles. The zero-order valence-corrected chi connectivity index (χ0v) is 15.5. The highest BCUT2D eigenvalue weighted by atomic mass is 16.5. The first-order valence-electron chi connectivity index (χ1n) is 8.53. The predicted octanol–water partition coefficient (Wildman–Crippen LogP) is 2.55. The van der Waals surface area contributed by atoms with E-state index in [1.54, 1.807) is 19.1 Å². The Labute approximate surface area is 157 Å². The van der Waals surface area contributed by atoms with E-state index >= 15 is 0 Å². The van der Waals surface area contributed by atoms with Gasteiger partial charge in [-0.25, -0.2) is 5.43 Å². The van der Waals surface area contributed by atoms with E-state index in [1.165, 1.54) is 0 Å². The number of rotatable bonds is 5. The summed E-state index contributed by atoms with van der Waals surface area (Å²) in [7, 11) is 0. The van der Waals surface area contributed by atoms with Crippen LogP contribution in [0.4, 0.5) is 5.69 Å². The molecule has 2 aromatic rings. The molecule has 0 saturated heterocycles. The number of hydrazone groups is 1. The van der Waals surface area contributed by atoms with Crippen molar-refractivity contribution < 1.29 is 19.1 Å². The lowest BCUT2D eigenvalue weighted by molar-refractivity contribution is -0.123. The minimum absolute atomic E-state index is 0.00976. The van der Waals surface area contributed by atoms with Crippen molar-refractivity contribution in [1.29, 1.82) is 0 Å². The molecule has 140 valence electrons. The van der Waals surface area contributed by atoms with Crippen LogP contribution in [0.15, 0.2) is 41.5 Å². The van der Waals surface area contributed by atoms with Gasteiger partial charge < -0.3 is 14.8 Å². The topological polar surface area (TPSA) is 89.0 Å². The van der Waals surface area contributed by atoms with Gasteiger partial charge in [0.2, 0.25) is 0 Å². The van der Waals surface area contributed by atoms with E-state index in [0.717, 1.165) is 16.7 Å². The van der Waals surface area contributed by atoms with Crippen LogP contribution in [0.3, 0.4) is 0 Å². The Morgan fingerprint density at radius 1 is 1.26 bits per heavy atom. The second-order valence-corrected chi connectivity index (χ2v) is 6.29. The van der Waals surface area contributed by atoms with Crippen LogP contribution in [0.1, 0.15) is 23.6 Å². The number of nitrogens with zero attached hydrogens (tertiary/aromatic N) is 1. The molecule has 0 atom stereocenters. The monoisotopic (exact) mass is 367 g/mol. The molecule has 2 amide bonds. The third kappa shape index (κ3) is 4.44. The summed E-state index contributed by atoms with van der Waals surface area (Å²) in [6.07, 6.45) is 0. The van der Waals surface area contributed by atoms with Gasteiger partial charge in [-0.3, -0.25) is 9.59 Å². The molecule has 3 rings (SSSR count). The number of hydrogen-bond donors (Lipinski definition) is 2.